The number of carbonyl (C=O) groups excluding carboxylic acids is 1. The van der Waals surface area contributed by atoms with Gasteiger partial charge in [0.2, 0.25) is 0 Å². The fourth-order valence-electron chi connectivity index (χ4n) is 2.50. The van der Waals surface area contributed by atoms with Gasteiger partial charge in [-0.1, -0.05) is 55.4 Å². The molecule has 0 aromatic heterocycles. The number of ketones is 1. The topological polar surface area (TPSA) is 20.3 Å². The predicted molar refractivity (Wildman–Crippen MR) is 84.4 cm³/mol. The van der Waals surface area contributed by atoms with E-state index in [2.05, 4.69) is 60.3 Å². The largest absolute Gasteiger partial charge is 0.303 e. The second-order valence-corrected chi connectivity index (χ2v) is 7.93. The molecular weight excluding hydrogens is 234 g/mol. The van der Waals surface area contributed by atoms with Crippen molar-refractivity contribution in [1.29, 1.82) is 0 Å². The van der Waals surface area contributed by atoms with Gasteiger partial charge >= 0.3 is 0 Å². The number of Topliss-reactive ketones (excluding diaryl/α,β-unsaturated/α-hetero) is 1. The van der Waals surface area contributed by atoms with Crippen LogP contribution in [0, 0.1) is 16.7 Å². The standard InChI is InChI=1S/C17H35NO/c1-9-18(10-2)12-11-15(19)14(17(6,7)8)13-16(3,4)5/h14H,9-13H2,1-8H3. The zero-order chi connectivity index (χ0) is 15.3. The highest BCUT2D eigenvalue weighted by Crippen LogP contribution is 2.37. The third kappa shape index (κ3) is 7.71. The van der Waals surface area contributed by atoms with E-state index in [0.29, 0.717) is 12.2 Å². The van der Waals surface area contributed by atoms with Crippen molar-refractivity contribution in [3.8, 4) is 0 Å². The average Bonchev–Trinajstić information content (AvgIpc) is 2.24. The molecule has 0 aliphatic heterocycles. The van der Waals surface area contributed by atoms with Gasteiger partial charge in [-0.25, -0.2) is 0 Å². The summed E-state index contributed by atoms with van der Waals surface area (Å²) in [5.74, 6) is 0.609. The summed E-state index contributed by atoms with van der Waals surface area (Å²) < 4.78 is 0. The lowest BCUT2D eigenvalue weighted by Gasteiger charge is -2.35. The molecule has 0 fully saturated rings. The van der Waals surface area contributed by atoms with E-state index in [1.807, 2.05) is 0 Å². The summed E-state index contributed by atoms with van der Waals surface area (Å²) in [6.07, 6.45) is 1.67. The monoisotopic (exact) mass is 269 g/mol. The van der Waals surface area contributed by atoms with Gasteiger partial charge in [-0.15, -0.1) is 0 Å². The molecule has 0 N–H and O–H groups in total. The Hall–Kier alpha value is -0.370. The fourth-order valence-corrected chi connectivity index (χ4v) is 2.50. The van der Waals surface area contributed by atoms with E-state index in [0.717, 1.165) is 26.1 Å². The third-order valence-electron chi connectivity index (χ3n) is 3.82. The van der Waals surface area contributed by atoms with Crippen molar-refractivity contribution in [2.75, 3.05) is 19.6 Å². The molecule has 2 heteroatoms. The predicted octanol–water partition coefficient (Wildman–Crippen LogP) is 4.39. The average molecular weight is 269 g/mol. The number of carbonyl (C=O) groups is 1. The maximum atomic E-state index is 12.6. The Morgan fingerprint density at radius 1 is 1.00 bits per heavy atom. The maximum Gasteiger partial charge on any atom is 0.137 e. The molecule has 0 amide bonds. The molecule has 0 bridgehead atoms. The molecule has 1 unspecified atom stereocenters. The Morgan fingerprint density at radius 3 is 1.79 bits per heavy atom. The minimum Gasteiger partial charge on any atom is -0.303 e. The normalized spacial score (nSPS) is 14.8. The van der Waals surface area contributed by atoms with Crippen molar-refractivity contribution >= 4 is 5.78 Å². The van der Waals surface area contributed by atoms with Gasteiger partial charge in [-0.05, 0) is 30.3 Å². The van der Waals surface area contributed by atoms with Crippen molar-refractivity contribution in [2.24, 2.45) is 16.7 Å². The summed E-state index contributed by atoms with van der Waals surface area (Å²) >= 11 is 0. The van der Waals surface area contributed by atoms with Crippen LogP contribution in [0.25, 0.3) is 0 Å². The van der Waals surface area contributed by atoms with Crippen LogP contribution < -0.4 is 0 Å². The van der Waals surface area contributed by atoms with E-state index in [-0.39, 0.29) is 16.7 Å². The van der Waals surface area contributed by atoms with Gasteiger partial charge in [0.15, 0.2) is 0 Å². The minimum atomic E-state index is 0.0631. The quantitative estimate of drug-likeness (QED) is 0.683. The van der Waals surface area contributed by atoms with Crippen LogP contribution in [0.1, 0.15) is 68.2 Å². The van der Waals surface area contributed by atoms with E-state index in [1.165, 1.54) is 0 Å². The molecule has 0 heterocycles. The molecule has 0 aliphatic carbocycles. The molecule has 0 aliphatic rings. The first-order valence-electron chi connectivity index (χ1n) is 7.76. The Labute approximate surface area is 120 Å². The maximum absolute atomic E-state index is 12.6. The zero-order valence-corrected chi connectivity index (χ0v) is 14.5. The molecule has 0 aromatic carbocycles. The van der Waals surface area contributed by atoms with Crippen molar-refractivity contribution in [2.45, 2.75) is 68.2 Å². The molecule has 0 saturated carbocycles. The molecule has 0 saturated heterocycles. The first-order valence-corrected chi connectivity index (χ1v) is 7.76. The number of hydrogen-bond donors (Lipinski definition) is 0. The minimum absolute atomic E-state index is 0.0631. The Bertz CT molecular complexity index is 266. The van der Waals surface area contributed by atoms with Crippen LogP contribution in [-0.2, 0) is 4.79 Å². The second-order valence-electron chi connectivity index (χ2n) is 7.93. The van der Waals surface area contributed by atoms with Gasteiger partial charge in [-0.3, -0.25) is 4.79 Å². The first kappa shape index (κ1) is 18.6. The van der Waals surface area contributed by atoms with Crippen LogP contribution >= 0.6 is 0 Å². The van der Waals surface area contributed by atoms with E-state index in [1.54, 1.807) is 0 Å². The second kappa shape index (κ2) is 7.42. The van der Waals surface area contributed by atoms with Gasteiger partial charge in [0, 0.05) is 18.9 Å². The molecule has 0 rings (SSSR count). The molecular formula is C17H35NO. The van der Waals surface area contributed by atoms with Crippen LogP contribution in [-0.4, -0.2) is 30.3 Å². The van der Waals surface area contributed by atoms with Crippen LogP contribution in [0.4, 0.5) is 0 Å². The van der Waals surface area contributed by atoms with E-state index in [4.69, 9.17) is 0 Å². The lowest BCUT2D eigenvalue weighted by molar-refractivity contribution is -0.127. The van der Waals surface area contributed by atoms with Crippen molar-refractivity contribution in [1.82, 2.24) is 4.90 Å². The highest BCUT2D eigenvalue weighted by molar-refractivity contribution is 5.81. The van der Waals surface area contributed by atoms with Crippen LogP contribution in [0.3, 0.4) is 0 Å². The highest BCUT2D eigenvalue weighted by Gasteiger charge is 2.33. The van der Waals surface area contributed by atoms with Crippen LogP contribution in [0.2, 0.25) is 0 Å². The van der Waals surface area contributed by atoms with Crippen molar-refractivity contribution in [3.05, 3.63) is 0 Å². The number of rotatable bonds is 7. The molecule has 114 valence electrons. The molecule has 19 heavy (non-hydrogen) atoms. The number of hydrogen-bond acceptors (Lipinski definition) is 2. The Morgan fingerprint density at radius 2 is 1.47 bits per heavy atom. The summed E-state index contributed by atoms with van der Waals surface area (Å²) in [6, 6.07) is 0. The summed E-state index contributed by atoms with van der Waals surface area (Å²) in [7, 11) is 0. The van der Waals surface area contributed by atoms with E-state index < -0.39 is 0 Å². The summed E-state index contributed by atoms with van der Waals surface area (Å²) in [5.41, 5.74) is 0.274. The van der Waals surface area contributed by atoms with Gasteiger partial charge in [0.1, 0.15) is 5.78 Å². The molecule has 0 spiro atoms. The summed E-state index contributed by atoms with van der Waals surface area (Å²) in [6.45, 7) is 20.5. The molecule has 0 aromatic rings. The lowest BCUT2D eigenvalue weighted by atomic mass is 9.70. The molecule has 2 nitrogen and oxygen atoms in total. The summed E-state index contributed by atoms with van der Waals surface area (Å²) in [5, 5.41) is 0. The third-order valence-corrected chi connectivity index (χ3v) is 3.82. The SMILES string of the molecule is CCN(CC)CCC(=O)C(CC(C)(C)C)C(C)(C)C. The Kier molecular flexibility index (Phi) is 7.28. The first-order chi connectivity index (χ1) is 8.51. The van der Waals surface area contributed by atoms with Crippen LogP contribution in [0.15, 0.2) is 0 Å². The van der Waals surface area contributed by atoms with Gasteiger partial charge in [-0.2, -0.15) is 0 Å². The van der Waals surface area contributed by atoms with E-state index >= 15 is 0 Å². The smallest absolute Gasteiger partial charge is 0.137 e. The zero-order valence-electron chi connectivity index (χ0n) is 14.5. The van der Waals surface area contributed by atoms with Crippen LogP contribution in [0.5, 0.6) is 0 Å². The van der Waals surface area contributed by atoms with E-state index in [9.17, 15) is 4.79 Å². The number of nitrogens with zero attached hydrogens (tertiary/aromatic N) is 1. The van der Waals surface area contributed by atoms with Gasteiger partial charge in [0.25, 0.3) is 0 Å². The molecule has 0 radical (unpaired) electrons. The van der Waals surface area contributed by atoms with Crippen molar-refractivity contribution < 1.29 is 4.79 Å². The lowest BCUT2D eigenvalue weighted by Crippen LogP contribution is -2.35. The van der Waals surface area contributed by atoms with Crippen molar-refractivity contribution in [3.63, 3.8) is 0 Å². The van der Waals surface area contributed by atoms with Gasteiger partial charge in [0.05, 0.1) is 0 Å². The Balaban J connectivity index is 4.66. The van der Waals surface area contributed by atoms with Gasteiger partial charge < -0.3 is 4.90 Å². The summed E-state index contributed by atoms with van der Waals surface area (Å²) in [4.78, 5) is 14.9. The highest BCUT2D eigenvalue weighted by atomic mass is 16.1. The fraction of sp³-hybridized carbons (Fsp3) is 0.941. The molecule has 1 atom stereocenters.